The highest BCUT2D eigenvalue weighted by Crippen LogP contribution is 2.21. The van der Waals surface area contributed by atoms with Gasteiger partial charge in [0.2, 0.25) is 0 Å². The first-order chi connectivity index (χ1) is 21.0. The molecule has 4 rings (SSSR count). The molecular weight excluding hydrogens is 540 g/mol. The standard InChI is InChI=1S/C41H44O3/c1-27(2)30(6)40(42)38-19-16-34(17-20-38)23-32-8-10-35(11-9-32)25-39-21-18-37(22-29(39)5)24-33-12-14-36(15-13-33)26-44-41(43)31(7)28(3)4/h8-22H,23-26H2,1-7H3. The molecule has 0 aliphatic rings. The maximum Gasteiger partial charge on any atom is 0.333 e. The Kier molecular flexibility index (Phi) is 10.9. The van der Waals surface area contributed by atoms with Crippen LogP contribution in [0.2, 0.25) is 0 Å². The molecule has 0 N–H and O–H groups in total. The summed E-state index contributed by atoms with van der Waals surface area (Å²) < 4.78 is 5.44. The van der Waals surface area contributed by atoms with E-state index in [9.17, 15) is 9.59 Å². The van der Waals surface area contributed by atoms with Crippen LogP contribution < -0.4 is 0 Å². The van der Waals surface area contributed by atoms with Gasteiger partial charge in [-0.15, -0.1) is 0 Å². The van der Waals surface area contributed by atoms with Gasteiger partial charge in [0.15, 0.2) is 5.78 Å². The second-order valence-electron chi connectivity index (χ2n) is 12.3. The molecule has 0 aliphatic heterocycles. The largest absolute Gasteiger partial charge is 0.457 e. The molecule has 44 heavy (non-hydrogen) atoms. The van der Waals surface area contributed by atoms with E-state index in [1.165, 1.54) is 38.9 Å². The number of aryl methyl sites for hydroxylation is 1. The normalized spacial score (nSPS) is 10.7. The van der Waals surface area contributed by atoms with Gasteiger partial charge in [-0.05, 0) is 118 Å². The Bertz CT molecular complexity index is 1670. The van der Waals surface area contributed by atoms with Crippen LogP contribution >= 0.6 is 0 Å². The number of benzene rings is 4. The lowest BCUT2D eigenvalue weighted by Crippen LogP contribution is -2.07. The molecule has 0 unspecified atom stereocenters. The zero-order chi connectivity index (χ0) is 31.8. The zero-order valence-corrected chi connectivity index (χ0v) is 27.2. The van der Waals surface area contributed by atoms with Gasteiger partial charge in [-0.1, -0.05) is 102 Å². The number of hydrogen-bond donors (Lipinski definition) is 0. The Morgan fingerprint density at radius 3 is 1.45 bits per heavy atom. The third kappa shape index (κ3) is 8.76. The Balaban J connectivity index is 1.31. The number of hydrogen-bond acceptors (Lipinski definition) is 3. The summed E-state index contributed by atoms with van der Waals surface area (Å²) in [6, 6.07) is 31.9. The Labute approximate surface area is 263 Å². The lowest BCUT2D eigenvalue weighted by molar-refractivity contribution is -0.140. The molecule has 0 aromatic heterocycles. The van der Waals surface area contributed by atoms with Crippen LogP contribution in [-0.2, 0) is 35.4 Å². The van der Waals surface area contributed by atoms with Crippen LogP contribution in [0.3, 0.4) is 0 Å². The van der Waals surface area contributed by atoms with Gasteiger partial charge in [-0.2, -0.15) is 0 Å². The van der Waals surface area contributed by atoms with Crippen LogP contribution in [0.15, 0.2) is 113 Å². The molecular formula is C41H44O3. The third-order valence-corrected chi connectivity index (χ3v) is 8.40. The highest BCUT2D eigenvalue weighted by molar-refractivity contribution is 6.08. The van der Waals surface area contributed by atoms with Crippen molar-refractivity contribution in [1.29, 1.82) is 0 Å². The molecule has 4 aromatic carbocycles. The lowest BCUT2D eigenvalue weighted by atomic mass is 9.95. The van der Waals surface area contributed by atoms with Crippen molar-refractivity contribution >= 4 is 11.8 Å². The predicted molar refractivity (Wildman–Crippen MR) is 181 cm³/mol. The van der Waals surface area contributed by atoms with Crippen molar-refractivity contribution < 1.29 is 14.3 Å². The van der Waals surface area contributed by atoms with Crippen LogP contribution in [0.25, 0.3) is 0 Å². The smallest absolute Gasteiger partial charge is 0.333 e. The van der Waals surface area contributed by atoms with Gasteiger partial charge in [-0.3, -0.25) is 4.79 Å². The average Bonchev–Trinajstić information content (AvgIpc) is 3.02. The summed E-state index contributed by atoms with van der Waals surface area (Å²) in [5.41, 5.74) is 14.1. The van der Waals surface area contributed by atoms with Crippen molar-refractivity contribution in [2.45, 2.75) is 74.3 Å². The summed E-state index contributed by atoms with van der Waals surface area (Å²) in [7, 11) is 0. The topological polar surface area (TPSA) is 43.4 Å². The summed E-state index contributed by atoms with van der Waals surface area (Å²) in [6.45, 7) is 13.9. The second-order valence-corrected chi connectivity index (χ2v) is 12.3. The molecule has 0 atom stereocenters. The molecule has 0 aliphatic carbocycles. The predicted octanol–water partition coefficient (Wildman–Crippen LogP) is 9.71. The molecule has 0 saturated heterocycles. The van der Waals surface area contributed by atoms with Crippen molar-refractivity contribution in [2.75, 3.05) is 0 Å². The Morgan fingerprint density at radius 1 is 0.523 bits per heavy atom. The summed E-state index contributed by atoms with van der Waals surface area (Å²) in [6.07, 6.45) is 2.59. The fourth-order valence-electron chi connectivity index (χ4n) is 4.96. The number of Topliss-reactive ketones (excluding diaryl/α,β-unsaturated/α-hetero) is 1. The highest BCUT2D eigenvalue weighted by Gasteiger charge is 2.10. The van der Waals surface area contributed by atoms with Crippen LogP contribution in [-0.4, -0.2) is 11.8 Å². The summed E-state index contributed by atoms with van der Waals surface area (Å²) in [4.78, 5) is 24.7. The van der Waals surface area contributed by atoms with Gasteiger partial charge in [0, 0.05) is 11.1 Å². The number of ketones is 1. The number of carbonyl (C=O) groups is 2. The van der Waals surface area contributed by atoms with Gasteiger partial charge in [-0.25, -0.2) is 4.79 Å². The summed E-state index contributed by atoms with van der Waals surface area (Å²) in [5, 5.41) is 0. The molecule has 0 amide bonds. The van der Waals surface area contributed by atoms with E-state index < -0.39 is 0 Å². The van der Waals surface area contributed by atoms with Gasteiger partial charge < -0.3 is 4.74 Å². The van der Waals surface area contributed by atoms with E-state index in [2.05, 4.69) is 73.7 Å². The molecule has 0 fully saturated rings. The van der Waals surface area contributed by atoms with Crippen molar-refractivity contribution in [3.05, 3.63) is 163 Å². The molecule has 0 radical (unpaired) electrons. The Morgan fingerprint density at radius 2 is 0.955 bits per heavy atom. The van der Waals surface area contributed by atoms with E-state index in [4.69, 9.17) is 4.74 Å². The monoisotopic (exact) mass is 584 g/mol. The number of ether oxygens (including phenoxy) is 1. The van der Waals surface area contributed by atoms with Crippen LogP contribution in [0.4, 0.5) is 0 Å². The van der Waals surface area contributed by atoms with E-state index in [0.717, 1.165) is 47.1 Å². The van der Waals surface area contributed by atoms with E-state index in [0.29, 0.717) is 5.57 Å². The van der Waals surface area contributed by atoms with Crippen LogP contribution in [0.5, 0.6) is 0 Å². The van der Waals surface area contributed by atoms with Gasteiger partial charge in [0.1, 0.15) is 6.61 Å². The third-order valence-electron chi connectivity index (χ3n) is 8.40. The van der Waals surface area contributed by atoms with Gasteiger partial charge in [0.05, 0.1) is 0 Å². The number of carbonyl (C=O) groups excluding carboxylic acids is 2. The molecule has 3 nitrogen and oxygen atoms in total. The fraction of sp³-hybridized carbons (Fsp3) is 0.268. The van der Waals surface area contributed by atoms with Crippen LogP contribution in [0, 0.1) is 6.92 Å². The first kappa shape index (κ1) is 32.4. The second kappa shape index (κ2) is 14.8. The van der Waals surface area contributed by atoms with Crippen molar-refractivity contribution in [1.82, 2.24) is 0 Å². The minimum atomic E-state index is -0.258. The molecule has 226 valence electrons. The number of esters is 1. The molecule has 0 bridgehead atoms. The maximum atomic E-state index is 12.6. The molecule has 0 heterocycles. The summed E-state index contributed by atoms with van der Waals surface area (Å²) in [5.74, 6) is -0.156. The Hall–Kier alpha value is -4.50. The van der Waals surface area contributed by atoms with Crippen LogP contribution in [0.1, 0.15) is 96.4 Å². The minimum Gasteiger partial charge on any atom is -0.457 e. The molecule has 4 aromatic rings. The highest BCUT2D eigenvalue weighted by atomic mass is 16.5. The van der Waals surface area contributed by atoms with Gasteiger partial charge >= 0.3 is 5.97 Å². The van der Waals surface area contributed by atoms with E-state index in [1.807, 2.05) is 58.9 Å². The van der Waals surface area contributed by atoms with Crippen molar-refractivity contribution in [2.24, 2.45) is 0 Å². The molecule has 0 saturated carbocycles. The first-order valence-corrected chi connectivity index (χ1v) is 15.3. The van der Waals surface area contributed by atoms with E-state index >= 15 is 0 Å². The number of allylic oxidation sites excluding steroid dienone is 3. The number of rotatable bonds is 11. The minimum absolute atomic E-state index is 0.102. The van der Waals surface area contributed by atoms with E-state index in [-0.39, 0.29) is 18.4 Å². The lowest BCUT2D eigenvalue weighted by Gasteiger charge is -2.11. The fourth-order valence-corrected chi connectivity index (χ4v) is 4.96. The van der Waals surface area contributed by atoms with Crippen molar-refractivity contribution in [3.63, 3.8) is 0 Å². The van der Waals surface area contributed by atoms with Crippen molar-refractivity contribution in [3.8, 4) is 0 Å². The zero-order valence-electron chi connectivity index (χ0n) is 27.2. The first-order valence-electron chi connectivity index (χ1n) is 15.3. The maximum absolute atomic E-state index is 12.6. The van der Waals surface area contributed by atoms with E-state index in [1.54, 1.807) is 6.92 Å². The average molecular weight is 585 g/mol. The summed E-state index contributed by atoms with van der Waals surface area (Å²) >= 11 is 0. The SMILES string of the molecule is CC(C)=C(C)C(=O)OCc1ccc(Cc2ccc(Cc3ccc(Cc4ccc(C(=O)C(C)=C(C)C)cc4)cc3)c(C)c2)cc1. The quantitative estimate of drug-likeness (QED) is 0.100. The molecule has 0 spiro atoms. The molecule has 3 heteroatoms. The van der Waals surface area contributed by atoms with Gasteiger partial charge in [0.25, 0.3) is 0 Å².